The van der Waals surface area contributed by atoms with E-state index in [2.05, 4.69) is 5.32 Å². The Bertz CT molecular complexity index is 1030. The number of amides is 1. The number of nitrogens with one attached hydrogen (secondary N) is 1. The van der Waals surface area contributed by atoms with E-state index in [0.29, 0.717) is 23.1 Å². The van der Waals surface area contributed by atoms with Gasteiger partial charge in [0, 0.05) is 5.69 Å². The number of benzene rings is 3. The van der Waals surface area contributed by atoms with Crippen LogP contribution in [0.5, 0.6) is 5.75 Å². The molecule has 0 aliphatic heterocycles. The third kappa shape index (κ3) is 4.50. The zero-order chi connectivity index (χ0) is 20.1. The monoisotopic (exact) mass is 395 g/mol. The van der Waals surface area contributed by atoms with Crippen molar-refractivity contribution in [2.45, 2.75) is 13.5 Å². The Morgan fingerprint density at radius 1 is 1.00 bits per heavy atom. The number of aryl methyl sites for hydroxylation is 1. The van der Waals surface area contributed by atoms with Gasteiger partial charge in [-0.15, -0.1) is 0 Å². The Morgan fingerprint density at radius 3 is 2.36 bits per heavy atom. The van der Waals surface area contributed by atoms with Crippen LogP contribution in [-0.2, 0) is 6.61 Å². The minimum atomic E-state index is -1.16. The second-order valence-corrected chi connectivity index (χ2v) is 6.57. The molecule has 0 spiro atoms. The Hall–Kier alpha value is -3.31. The van der Waals surface area contributed by atoms with Gasteiger partial charge in [-0.3, -0.25) is 4.79 Å². The summed E-state index contributed by atoms with van der Waals surface area (Å²) in [6.07, 6.45) is 0. The van der Waals surface area contributed by atoms with Crippen LogP contribution in [0.25, 0.3) is 0 Å². The van der Waals surface area contributed by atoms with Crippen molar-refractivity contribution >= 4 is 29.2 Å². The average molecular weight is 396 g/mol. The maximum atomic E-state index is 12.4. The molecule has 3 aromatic carbocycles. The zero-order valence-electron chi connectivity index (χ0n) is 15.1. The van der Waals surface area contributed by atoms with Crippen molar-refractivity contribution < 1.29 is 19.4 Å². The summed E-state index contributed by atoms with van der Waals surface area (Å²) in [5.74, 6) is -1.19. The van der Waals surface area contributed by atoms with Crippen molar-refractivity contribution in [1.29, 1.82) is 0 Å². The Balaban J connectivity index is 1.71. The zero-order valence-corrected chi connectivity index (χ0v) is 15.9. The molecule has 6 heteroatoms. The Morgan fingerprint density at radius 2 is 1.68 bits per heavy atom. The molecule has 142 valence electrons. The lowest BCUT2D eigenvalue weighted by atomic mass is 10.1. The number of ether oxygens (including phenoxy) is 1. The molecule has 1 amide bonds. The van der Waals surface area contributed by atoms with Crippen molar-refractivity contribution in [3.63, 3.8) is 0 Å². The van der Waals surface area contributed by atoms with Gasteiger partial charge >= 0.3 is 5.97 Å². The third-order valence-corrected chi connectivity index (χ3v) is 4.53. The van der Waals surface area contributed by atoms with Gasteiger partial charge in [-0.25, -0.2) is 4.79 Å². The van der Waals surface area contributed by atoms with Gasteiger partial charge in [-0.2, -0.15) is 0 Å². The topological polar surface area (TPSA) is 75.6 Å². The highest BCUT2D eigenvalue weighted by Crippen LogP contribution is 2.29. The normalized spacial score (nSPS) is 10.4. The summed E-state index contributed by atoms with van der Waals surface area (Å²) in [5.41, 5.74) is 2.63. The molecule has 0 atom stereocenters. The van der Waals surface area contributed by atoms with Crippen molar-refractivity contribution in [2.75, 3.05) is 5.32 Å². The fourth-order valence-electron chi connectivity index (χ4n) is 2.69. The third-order valence-electron chi connectivity index (χ3n) is 4.24. The molecule has 0 heterocycles. The number of aromatic carboxylic acids is 1. The van der Waals surface area contributed by atoms with Gasteiger partial charge < -0.3 is 15.2 Å². The van der Waals surface area contributed by atoms with E-state index < -0.39 is 11.9 Å². The number of hydrogen-bond acceptors (Lipinski definition) is 3. The summed E-state index contributed by atoms with van der Waals surface area (Å²) >= 11 is 6.28. The fraction of sp³-hybridized carbons (Fsp3) is 0.0909. The number of rotatable bonds is 6. The lowest BCUT2D eigenvalue weighted by Gasteiger charge is -2.12. The maximum absolute atomic E-state index is 12.4. The van der Waals surface area contributed by atoms with Crippen LogP contribution in [0, 0.1) is 6.92 Å². The molecule has 28 heavy (non-hydrogen) atoms. The van der Waals surface area contributed by atoms with Gasteiger partial charge in [0.15, 0.2) is 0 Å². The first-order chi connectivity index (χ1) is 13.5. The number of anilines is 1. The van der Waals surface area contributed by atoms with Crippen LogP contribution in [0.2, 0.25) is 5.02 Å². The lowest BCUT2D eigenvalue weighted by Crippen LogP contribution is -2.16. The van der Waals surface area contributed by atoms with Crippen molar-refractivity contribution in [3.8, 4) is 5.75 Å². The summed E-state index contributed by atoms with van der Waals surface area (Å²) in [6.45, 7) is 2.39. The van der Waals surface area contributed by atoms with Crippen LogP contribution >= 0.6 is 11.6 Å². The predicted octanol–water partition coefficient (Wildman–Crippen LogP) is 5.18. The molecular weight excluding hydrogens is 378 g/mol. The van der Waals surface area contributed by atoms with Gasteiger partial charge in [-0.05, 0) is 48.4 Å². The summed E-state index contributed by atoms with van der Waals surface area (Å²) in [5, 5.41) is 12.2. The van der Waals surface area contributed by atoms with Crippen LogP contribution in [0.3, 0.4) is 0 Å². The van der Waals surface area contributed by atoms with E-state index in [0.717, 1.165) is 11.1 Å². The van der Waals surface area contributed by atoms with Crippen molar-refractivity contribution in [3.05, 3.63) is 94.0 Å². The van der Waals surface area contributed by atoms with Gasteiger partial charge in [0.1, 0.15) is 12.4 Å². The second kappa shape index (κ2) is 8.59. The minimum Gasteiger partial charge on any atom is -0.487 e. The number of carbonyl (C=O) groups is 2. The highest BCUT2D eigenvalue weighted by Gasteiger charge is 2.16. The van der Waals surface area contributed by atoms with E-state index in [-0.39, 0.29) is 11.1 Å². The molecule has 0 unspecified atom stereocenters. The summed E-state index contributed by atoms with van der Waals surface area (Å²) in [7, 11) is 0. The molecule has 0 saturated carbocycles. The molecular formula is C22H18ClNO4. The summed E-state index contributed by atoms with van der Waals surface area (Å²) < 4.78 is 5.78. The molecule has 3 rings (SSSR count). The number of carboxylic acids is 1. The quantitative estimate of drug-likeness (QED) is 0.603. The maximum Gasteiger partial charge on any atom is 0.336 e. The largest absolute Gasteiger partial charge is 0.487 e. The number of carboxylic acid groups (broad SMARTS) is 1. The van der Waals surface area contributed by atoms with Crippen LogP contribution in [0.15, 0.2) is 66.7 Å². The van der Waals surface area contributed by atoms with Gasteiger partial charge in [-0.1, -0.05) is 48.0 Å². The van der Waals surface area contributed by atoms with E-state index in [1.165, 1.54) is 12.1 Å². The first-order valence-corrected chi connectivity index (χ1v) is 8.94. The van der Waals surface area contributed by atoms with E-state index >= 15 is 0 Å². The summed E-state index contributed by atoms with van der Waals surface area (Å²) in [6, 6.07) is 18.8. The molecule has 3 aromatic rings. The highest BCUT2D eigenvalue weighted by molar-refractivity contribution is 6.32. The van der Waals surface area contributed by atoms with E-state index in [1.54, 1.807) is 30.3 Å². The molecule has 0 aromatic heterocycles. The highest BCUT2D eigenvalue weighted by atomic mass is 35.5. The number of halogens is 1. The van der Waals surface area contributed by atoms with Gasteiger partial charge in [0.2, 0.25) is 0 Å². The first-order valence-electron chi connectivity index (χ1n) is 8.56. The molecule has 0 bridgehead atoms. The first kappa shape index (κ1) is 19.5. The van der Waals surface area contributed by atoms with Crippen LogP contribution in [0.1, 0.15) is 31.8 Å². The molecule has 0 aliphatic carbocycles. The van der Waals surface area contributed by atoms with Crippen molar-refractivity contribution in [2.24, 2.45) is 0 Å². The fourth-order valence-corrected chi connectivity index (χ4v) is 2.92. The van der Waals surface area contributed by atoms with Gasteiger partial charge in [0.25, 0.3) is 5.91 Å². The smallest absolute Gasteiger partial charge is 0.336 e. The molecule has 0 aliphatic rings. The molecule has 0 saturated heterocycles. The van der Waals surface area contributed by atoms with Crippen LogP contribution < -0.4 is 10.1 Å². The standard InChI is InChI=1S/C22H18ClNO4/c1-14-6-2-3-7-15(14)13-28-20-11-10-16(12-19(20)23)24-21(25)17-8-4-5-9-18(17)22(26)27/h2-12H,13H2,1H3,(H,24,25)(H,26,27). The van der Waals surface area contributed by atoms with Gasteiger partial charge in [0.05, 0.1) is 16.1 Å². The van der Waals surface area contributed by atoms with Crippen molar-refractivity contribution in [1.82, 2.24) is 0 Å². The van der Waals surface area contributed by atoms with E-state index in [9.17, 15) is 14.7 Å². The number of carbonyl (C=O) groups excluding carboxylic acids is 1. The summed E-state index contributed by atoms with van der Waals surface area (Å²) in [4.78, 5) is 23.7. The lowest BCUT2D eigenvalue weighted by molar-refractivity contribution is 0.0692. The molecule has 2 N–H and O–H groups in total. The molecule has 0 radical (unpaired) electrons. The van der Waals surface area contributed by atoms with Crippen LogP contribution in [-0.4, -0.2) is 17.0 Å². The second-order valence-electron chi connectivity index (χ2n) is 6.17. The average Bonchev–Trinajstić information content (AvgIpc) is 2.68. The Labute approximate surface area is 167 Å². The molecule has 0 fully saturated rings. The minimum absolute atomic E-state index is 0.0655. The number of hydrogen-bond donors (Lipinski definition) is 2. The molecule has 5 nitrogen and oxygen atoms in total. The SMILES string of the molecule is Cc1ccccc1COc1ccc(NC(=O)c2ccccc2C(=O)O)cc1Cl. The van der Waals surface area contributed by atoms with E-state index in [4.69, 9.17) is 16.3 Å². The van der Waals surface area contributed by atoms with E-state index in [1.807, 2.05) is 31.2 Å². The Kier molecular flexibility index (Phi) is 5.96. The predicted molar refractivity (Wildman–Crippen MR) is 108 cm³/mol. The van der Waals surface area contributed by atoms with Crippen LogP contribution in [0.4, 0.5) is 5.69 Å².